The topological polar surface area (TPSA) is 33.2 Å². The molecule has 0 spiro atoms. The number of carbonyl (C=O) groups is 1. The molecule has 0 radical (unpaired) electrons. The number of likely N-dealkylation sites (tertiary alicyclic amines) is 1. The van der Waals surface area contributed by atoms with E-state index in [2.05, 4.69) is 20.9 Å². The summed E-state index contributed by atoms with van der Waals surface area (Å²) in [5, 5.41) is 0. The van der Waals surface area contributed by atoms with Gasteiger partial charge >= 0.3 is 0 Å². The van der Waals surface area contributed by atoms with Crippen LogP contribution in [-0.2, 0) is 0 Å². The SMILES string of the molecule is O=C(c1ccc(Br)cn1)N1CC[C@@H](F)C1. The molecule has 1 fully saturated rings. The van der Waals surface area contributed by atoms with Gasteiger partial charge in [-0.3, -0.25) is 4.79 Å². The van der Waals surface area contributed by atoms with E-state index in [-0.39, 0.29) is 12.5 Å². The Balaban J connectivity index is 2.11. The summed E-state index contributed by atoms with van der Waals surface area (Å²) in [6.07, 6.45) is 1.11. The van der Waals surface area contributed by atoms with E-state index in [0.717, 1.165) is 4.47 Å². The van der Waals surface area contributed by atoms with E-state index in [1.165, 1.54) is 4.90 Å². The van der Waals surface area contributed by atoms with Crippen LogP contribution in [0.3, 0.4) is 0 Å². The van der Waals surface area contributed by atoms with Crippen molar-refractivity contribution in [2.45, 2.75) is 12.6 Å². The van der Waals surface area contributed by atoms with E-state index in [1.807, 2.05) is 0 Å². The normalized spacial score (nSPS) is 20.7. The van der Waals surface area contributed by atoms with E-state index < -0.39 is 6.17 Å². The maximum absolute atomic E-state index is 12.9. The fourth-order valence-corrected chi connectivity index (χ4v) is 1.80. The molecule has 1 aliphatic rings. The van der Waals surface area contributed by atoms with Crippen LogP contribution in [0.2, 0.25) is 0 Å². The quantitative estimate of drug-likeness (QED) is 0.784. The van der Waals surface area contributed by atoms with Crippen molar-refractivity contribution in [3.05, 3.63) is 28.5 Å². The molecule has 80 valence electrons. The second kappa shape index (κ2) is 4.26. The second-order valence-corrected chi connectivity index (χ2v) is 4.41. The van der Waals surface area contributed by atoms with E-state index in [9.17, 15) is 9.18 Å². The van der Waals surface area contributed by atoms with Crippen LogP contribution in [0.4, 0.5) is 4.39 Å². The first kappa shape index (κ1) is 10.5. The van der Waals surface area contributed by atoms with Gasteiger partial charge in [0.15, 0.2) is 0 Å². The lowest BCUT2D eigenvalue weighted by atomic mass is 10.3. The molecule has 1 amide bonds. The number of alkyl halides is 1. The molecule has 1 aromatic heterocycles. The number of halogens is 2. The number of hydrogen-bond donors (Lipinski definition) is 0. The molecule has 1 atom stereocenters. The van der Waals surface area contributed by atoms with E-state index in [4.69, 9.17) is 0 Å². The Labute approximate surface area is 95.4 Å². The molecule has 0 bridgehead atoms. The first-order chi connectivity index (χ1) is 7.16. The van der Waals surface area contributed by atoms with Gasteiger partial charge in [0.2, 0.25) is 0 Å². The van der Waals surface area contributed by atoms with E-state index in [0.29, 0.717) is 18.7 Å². The zero-order valence-corrected chi connectivity index (χ0v) is 9.58. The third kappa shape index (κ3) is 2.34. The maximum Gasteiger partial charge on any atom is 0.272 e. The van der Waals surface area contributed by atoms with Gasteiger partial charge in [-0.1, -0.05) is 0 Å². The summed E-state index contributed by atoms with van der Waals surface area (Å²) in [4.78, 5) is 17.3. The molecule has 0 saturated carbocycles. The molecule has 3 nitrogen and oxygen atoms in total. The minimum absolute atomic E-state index is 0.191. The van der Waals surface area contributed by atoms with Crippen molar-refractivity contribution in [3.63, 3.8) is 0 Å². The van der Waals surface area contributed by atoms with Gasteiger partial charge in [-0.2, -0.15) is 0 Å². The smallest absolute Gasteiger partial charge is 0.272 e. The molecular formula is C10H10BrFN2O. The third-order valence-corrected chi connectivity index (χ3v) is 2.83. The van der Waals surface area contributed by atoms with Gasteiger partial charge in [0.1, 0.15) is 11.9 Å². The summed E-state index contributed by atoms with van der Waals surface area (Å²) in [5.41, 5.74) is 0.368. The van der Waals surface area contributed by atoms with Crippen LogP contribution >= 0.6 is 15.9 Å². The predicted octanol–water partition coefficient (Wildman–Crippen LogP) is 2.03. The summed E-state index contributed by atoms with van der Waals surface area (Å²) in [6, 6.07) is 3.39. The Hall–Kier alpha value is -0.970. The number of carbonyl (C=O) groups excluding carboxylic acids is 1. The molecular weight excluding hydrogens is 263 g/mol. The number of rotatable bonds is 1. The molecule has 1 saturated heterocycles. The molecule has 5 heteroatoms. The Bertz CT molecular complexity index is 368. The molecule has 0 aromatic carbocycles. The second-order valence-electron chi connectivity index (χ2n) is 3.50. The molecule has 0 N–H and O–H groups in total. The number of hydrogen-bond acceptors (Lipinski definition) is 2. The van der Waals surface area contributed by atoms with Crippen LogP contribution in [0.1, 0.15) is 16.9 Å². The Kier molecular flexibility index (Phi) is 3.00. The number of aromatic nitrogens is 1. The van der Waals surface area contributed by atoms with E-state index in [1.54, 1.807) is 18.3 Å². The molecule has 15 heavy (non-hydrogen) atoms. The Morgan fingerprint density at radius 3 is 2.93 bits per heavy atom. The lowest BCUT2D eigenvalue weighted by Crippen LogP contribution is -2.29. The van der Waals surface area contributed by atoms with Crippen molar-refractivity contribution in [1.82, 2.24) is 9.88 Å². The lowest BCUT2D eigenvalue weighted by molar-refractivity contribution is 0.0777. The molecule has 1 aromatic rings. The average Bonchev–Trinajstić information content (AvgIpc) is 2.65. The molecule has 0 unspecified atom stereocenters. The highest BCUT2D eigenvalue weighted by molar-refractivity contribution is 9.10. The Morgan fingerprint density at radius 2 is 2.40 bits per heavy atom. The van der Waals surface area contributed by atoms with Crippen LogP contribution in [0, 0.1) is 0 Å². The van der Waals surface area contributed by atoms with Crippen molar-refractivity contribution in [3.8, 4) is 0 Å². The highest BCUT2D eigenvalue weighted by atomic mass is 79.9. The van der Waals surface area contributed by atoms with Gasteiger partial charge in [0.25, 0.3) is 5.91 Å². The van der Waals surface area contributed by atoms with E-state index >= 15 is 0 Å². The van der Waals surface area contributed by atoms with Gasteiger partial charge in [-0.05, 0) is 34.5 Å². The first-order valence-electron chi connectivity index (χ1n) is 4.72. The van der Waals surface area contributed by atoms with Crippen molar-refractivity contribution in [1.29, 1.82) is 0 Å². The standard InChI is InChI=1S/C10H10BrFN2O/c11-7-1-2-9(13-5-7)10(15)14-4-3-8(12)6-14/h1-2,5,8H,3-4,6H2/t8-/m1/s1. The van der Waals surface area contributed by atoms with Gasteiger partial charge < -0.3 is 4.90 Å². The van der Waals surface area contributed by atoms with Gasteiger partial charge in [0.05, 0.1) is 6.54 Å². The van der Waals surface area contributed by atoms with Crippen molar-refractivity contribution >= 4 is 21.8 Å². The number of nitrogens with zero attached hydrogens (tertiary/aromatic N) is 2. The average molecular weight is 273 g/mol. The van der Waals surface area contributed by atoms with Crippen LogP contribution in [0.5, 0.6) is 0 Å². The first-order valence-corrected chi connectivity index (χ1v) is 5.51. The maximum atomic E-state index is 12.9. The largest absolute Gasteiger partial charge is 0.334 e. The number of amides is 1. The van der Waals surface area contributed by atoms with Gasteiger partial charge in [-0.25, -0.2) is 9.37 Å². The summed E-state index contributed by atoms with van der Waals surface area (Å²) in [7, 11) is 0. The molecule has 2 rings (SSSR count). The predicted molar refractivity (Wildman–Crippen MR) is 57.4 cm³/mol. The summed E-state index contributed by atoms with van der Waals surface area (Å²) in [5.74, 6) is -0.192. The van der Waals surface area contributed by atoms with Crippen molar-refractivity contribution in [2.24, 2.45) is 0 Å². The minimum Gasteiger partial charge on any atom is -0.334 e. The van der Waals surface area contributed by atoms with Crippen molar-refractivity contribution < 1.29 is 9.18 Å². The monoisotopic (exact) mass is 272 g/mol. The zero-order valence-electron chi connectivity index (χ0n) is 7.99. The molecule has 0 aliphatic carbocycles. The van der Waals surface area contributed by atoms with Crippen LogP contribution in [-0.4, -0.2) is 35.1 Å². The fourth-order valence-electron chi connectivity index (χ4n) is 1.57. The zero-order chi connectivity index (χ0) is 10.8. The van der Waals surface area contributed by atoms with Crippen molar-refractivity contribution in [2.75, 3.05) is 13.1 Å². The highest BCUT2D eigenvalue weighted by Gasteiger charge is 2.26. The van der Waals surface area contributed by atoms with Gasteiger partial charge in [-0.15, -0.1) is 0 Å². The van der Waals surface area contributed by atoms with Gasteiger partial charge in [0, 0.05) is 17.2 Å². The fraction of sp³-hybridized carbons (Fsp3) is 0.400. The van der Waals surface area contributed by atoms with Crippen LogP contribution in [0.25, 0.3) is 0 Å². The number of pyridine rings is 1. The summed E-state index contributed by atoms with van der Waals surface area (Å²) < 4.78 is 13.7. The summed E-state index contributed by atoms with van der Waals surface area (Å²) in [6.45, 7) is 0.675. The Morgan fingerprint density at radius 1 is 1.60 bits per heavy atom. The third-order valence-electron chi connectivity index (χ3n) is 2.36. The minimum atomic E-state index is -0.885. The van der Waals surface area contributed by atoms with Crippen LogP contribution in [0.15, 0.2) is 22.8 Å². The van der Waals surface area contributed by atoms with Crippen LogP contribution < -0.4 is 0 Å². The molecule has 1 aliphatic heterocycles. The lowest BCUT2D eigenvalue weighted by Gasteiger charge is -2.14. The molecule has 2 heterocycles. The highest BCUT2D eigenvalue weighted by Crippen LogP contribution is 2.15. The summed E-state index contributed by atoms with van der Waals surface area (Å²) >= 11 is 3.24.